The third-order valence-electron chi connectivity index (χ3n) is 1.92. The van der Waals surface area contributed by atoms with E-state index in [4.69, 9.17) is 23.2 Å². The molecule has 96 valence electrons. The van der Waals surface area contributed by atoms with Gasteiger partial charge in [-0.3, -0.25) is 0 Å². The lowest BCUT2D eigenvalue weighted by Crippen LogP contribution is -1.94. The maximum atomic E-state index is 9.50. The Morgan fingerprint density at radius 2 is 1.71 bits per heavy atom. The van der Waals surface area contributed by atoms with Crippen molar-refractivity contribution in [2.75, 3.05) is 0 Å². The van der Waals surface area contributed by atoms with Crippen molar-refractivity contribution in [2.24, 2.45) is 11.8 Å². The third kappa shape index (κ3) is 8.23. The maximum Gasteiger partial charge on any atom is 0.122 e. The topological polar surface area (TPSA) is 17.1 Å². The first kappa shape index (κ1) is 16.5. The number of hydrogen-bond donors (Lipinski definition) is 0. The molecule has 0 saturated heterocycles. The Morgan fingerprint density at radius 3 is 2.06 bits per heavy atom. The summed E-state index contributed by atoms with van der Waals surface area (Å²) in [5, 5.41) is 1.48. The van der Waals surface area contributed by atoms with E-state index in [0.29, 0.717) is 10.9 Å². The molecule has 17 heavy (non-hydrogen) atoms. The Morgan fingerprint density at radius 1 is 1.18 bits per heavy atom. The van der Waals surface area contributed by atoms with Crippen LogP contribution in [-0.4, -0.2) is 6.29 Å². The van der Waals surface area contributed by atoms with E-state index in [9.17, 15) is 4.79 Å². The zero-order chi connectivity index (χ0) is 13.4. The van der Waals surface area contributed by atoms with Crippen molar-refractivity contribution in [1.29, 1.82) is 0 Å². The highest BCUT2D eigenvalue weighted by Crippen LogP contribution is 2.22. The fraction of sp³-hybridized carbons (Fsp3) is 0.500. The predicted molar refractivity (Wildman–Crippen MR) is 75.9 cm³/mol. The largest absolute Gasteiger partial charge is 0.303 e. The van der Waals surface area contributed by atoms with Crippen LogP contribution in [-0.2, 0) is 11.2 Å². The predicted octanol–water partition coefficient (Wildman–Crippen LogP) is 5.03. The van der Waals surface area contributed by atoms with Gasteiger partial charge in [0, 0.05) is 16.0 Å². The number of halogens is 2. The molecule has 0 aromatic heterocycles. The smallest absolute Gasteiger partial charge is 0.122 e. The van der Waals surface area contributed by atoms with Crippen molar-refractivity contribution in [2.45, 2.75) is 34.1 Å². The maximum absolute atomic E-state index is 9.50. The third-order valence-corrected chi connectivity index (χ3v) is 2.50. The molecule has 1 aromatic rings. The van der Waals surface area contributed by atoms with Gasteiger partial charge in [-0.15, -0.1) is 0 Å². The molecule has 0 fully saturated rings. The monoisotopic (exact) mass is 274 g/mol. The molecule has 0 aliphatic rings. The Labute approximate surface area is 114 Å². The summed E-state index contributed by atoms with van der Waals surface area (Å²) >= 11 is 11.8. The van der Waals surface area contributed by atoms with Crippen LogP contribution in [0.4, 0.5) is 0 Å². The average molecular weight is 275 g/mol. The van der Waals surface area contributed by atoms with Gasteiger partial charge in [-0.1, -0.05) is 57.0 Å². The summed E-state index contributed by atoms with van der Waals surface area (Å²) < 4.78 is 0. The molecule has 0 aliphatic heterocycles. The van der Waals surface area contributed by atoms with E-state index in [2.05, 4.69) is 13.8 Å². The second kappa shape index (κ2) is 8.54. The zero-order valence-corrected chi connectivity index (χ0v) is 12.3. The lowest BCUT2D eigenvalue weighted by molar-refractivity contribution is -0.110. The first-order valence-corrected chi connectivity index (χ1v) is 6.51. The first-order chi connectivity index (χ1) is 7.86. The van der Waals surface area contributed by atoms with E-state index >= 15 is 0 Å². The minimum absolute atomic E-state index is 0.204. The number of carbonyl (C=O) groups excluding carboxylic acids is 1. The minimum atomic E-state index is 0.204. The van der Waals surface area contributed by atoms with Crippen LogP contribution in [0.5, 0.6) is 0 Å². The molecule has 0 saturated carbocycles. The summed E-state index contributed by atoms with van der Waals surface area (Å²) in [6.45, 7) is 8.05. The SMILES string of the molecule is CC(C)C=O.CC(C)Cc1ccc(Cl)cc1Cl. The van der Waals surface area contributed by atoms with E-state index in [-0.39, 0.29) is 5.92 Å². The molecular formula is C14H20Cl2O. The molecule has 0 radical (unpaired) electrons. The molecule has 0 N–H and O–H groups in total. The Bertz CT molecular complexity index is 346. The van der Waals surface area contributed by atoms with E-state index in [1.165, 1.54) is 5.56 Å². The lowest BCUT2D eigenvalue weighted by atomic mass is 10.0. The highest BCUT2D eigenvalue weighted by Gasteiger charge is 2.02. The van der Waals surface area contributed by atoms with Crippen LogP contribution in [0.15, 0.2) is 18.2 Å². The standard InChI is InChI=1S/C10H12Cl2.C4H8O/c1-7(2)5-8-3-4-9(11)6-10(8)12;1-4(2)3-5/h3-4,6-7H,5H2,1-2H3;3-4H,1-2H3. The fourth-order valence-corrected chi connectivity index (χ4v) is 1.61. The summed E-state index contributed by atoms with van der Waals surface area (Å²) in [5.74, 6) is 0.832. The second-order valence-corrected chi connectivity index (χ2v) is 5.56. The molecule has 1 rings (SSSR count). The Kier molecular flexibility index (Phi) is 8.28. The van der Waals surface area contributed by atoms with Gasteiger partial charge < -0.3 is 4.79 Å². The molecular weight excluding hydrogens is 255 g/mol. The summed E-state index contributed by atoms with van der Waals surface area (Å²) in [5.41, 5.74) is 1.18. The Hall–Kier alpha value is -0.530. The molecule has 1 nitrogen and oxygen atoms in total. The van der Waals surface area contributed by atoms with E-state index in [1.807, 2.05) is 26.0 Å². The van der Waals surface area contributed by atoms with Crippen molar-refractivity contribution in [3.05, 3.63) is 33.8 Å². The van der Waals surface area contributed by atoms with Crippen molar-refractivity contribution in [1.82, 2.24) is 0 Å². The van der Waals surface area contributed by atoms with Crippen LogP contribution >= 0.6 is 23.2 Å². The summed E-state index contributed by atoms with van der Waals surface area (Å²) in [7, 11) is 0. The van der Waals surface area contributed by atoms with Gasteiger partial charge >= 0.3 is 0 Å². The van der Waals surface area contributed by atoms with Gasteiger partial charge in [-0.2, -0.15) is 0 Å². The summed E-state index contributed by atoms with van der Waals surface area (Å²) in [4.78, 5) is 9.50. The molecule has 0 unspecified atom stereocenters. The fourth-order valence-electron chi connectivity index (χ4n) is 1.13. The summed E-state index contributed by atoms with van der Waals surface area (Å²) in [6, 6.07) is 5.66. The molecule has 1 aromatic carbocycles. The van der Waals surface area contributed by atoms with E-state index in [1.54, 1.807) is 6.07 Å². The van der Waals surface area contributed by atoms with Crippen molar-refractivity contribution in [3.8, 4) is 0 Å². The van der Waals surface area contributed by atoms with Crippen LogP contribution in [0.1, 0.15) is 33.3 Å². The molecule has 0 heterocycles. The van der Waals surface area contributed by atoms with Gasteiger partial charge in [-0.05, 0) is 30.0 Å². The highest BCUT2D eigenvalue weighted by atomic mass is 35.5. The van der Waals surface area contributed by atoms with Crippen molar-refractivity contribution in [3.63, 3.8) is 0 Å². The van der Waals surface area contributed by atoms with Crippen LogP contribution in [0, 0.1) is 11.8 Å². The van der Waals surface area contributed by atoms with Gasteiger partial charge in [0.2, 0.25) is 0 Å². The van der Waals surface area contributed by atoms with Crippen LogP contribution < -0.4 is 0 Å². The average Bonchev–Trinajstić information content (AvgIpc) is 2.22. The van der Waals surface area contributed by atoms with Gasteiger partial charge in [0.05, 0.1) is 0 Å². The number of hydrogen-bond acceptors (Lipinski definition) is 1. The molecule has 0 atom stereocenters. The van der Waals surface area contributed by atoms with Crippen molar-refractivity contribution >= 4 is 29.5 Å². The van der Waals surface area contributed by atoms with Gasteiger partial charge in [0.15, 0.2) is 0 Å². The van der Waals surface area contributed by atoms with Crippen LogP contribution in [0.3, 0.4) is 0 Å². The highest BCUT2D eigenvalue weighted by molar-refractivity contribution is 6.35. The second-order valence-electron chi connectivity index (χ2n) is 4.71. The number of carbonyl (C=O) groups is 1. The Balaban J connectivity index is 0.000000437. The van der Waals surface area contributed by atoms with Crippen LogP contribution in [0.25, 0.3) is 0 Å². The van der Waals surface area contributed by atoms with Gasteiger partial charge in [0.1, 0.15) is 6.29 Å². The zero-order valence-electron chi connectivity index (χ0n) is 10.8. The van der Waals surface area contributed by atoms with E-state index < -0.39 is 0 Å². The minimum Gasteiger partial charge on any atom is -0.303 e. The molecule has 3 heteroatoms. The molecule has 0 bridgehead atoms. The quantitative estimate of drug-likeness (QED) is 0.707. The molecule has 0 amide bonds. The normalized spacial score (nSPS) is 10.1. The van der Waals surface area contributed by atoms with E-state index in [0.717, 1.165) is 17.7 Å². The number of aldehydes is 1. The van der Waals surface area contributed by atoms with Crippen LogP contribution in [0.2, 0.25) is 10.0 Å². The lowest BCUT2D eigenvalue weighted by Gasteiger charge is -2.06. The van der Waals surface area contributed by atoms with Gasteiger partial charge in [-0.25, -0.2) is 0 Å². The first-order valence-electron chi connectivity index (χ1n) is 5.76. The van der Waals surface area contributed by atoms with Crippen molar-refractivity contribution < 1.29 is 4.79 Å². The molecule has 0 aliphatic carbocycles. The molecule has 0 spiro atoms. The number of rotatable bonds is 3. The summed E-state index contributed by atoms with van der Waals surface area (Å²) in [6.07, 6.45) is 1.93. The van der Waals surface area contributed by atoms with Gasteiger partial charge in [0.25, 0.3) is 0 Å². The number of benzene rings is 1.